The number of hydrogen-bond acceptors (Lipinski definition) is 5. The highest BCUT2D eigenvalue weighted by Crippen LogP contribution is 2.15. The van der Waals surface area contributed by atoms with Gasteiger partial charge in [0.2, 0.25) is 6.26 Å². The predicted molar refractivity (Wildman–Crippen MR) is 32.9 cm³/mol. The molecule has 6 nitrogen and oxygen atoms in total. The van der Waals surface area contributed by atoms with Crippen molar-refractivity contribution in [1.29, 1.82) is 0 Å². The van der Waals surface area contributed by atoms with Crippen molar-refractivity contribution >= 4 is 12.0 Å². The second-order valence-electron chi connectivity index (χ2n) is 1.77. The van der Waals surface area contributed by atoms with Gasteiger partial charge in [0.15, 0.2) is 5.69 Å². The minimum Gasteiger partial charge on any atom is -0.357 e. The Bertz CT molecular complexity index is 280. The van der Waals surface area contributed by atoms with E-state index in [9.17, 15) is 14.9 Å². The lowest BCUT2D eigenvalue weighted by molar-refractivity contribution is -0.385. The molecule has 0 N–H and O–H groups in total. The number of rotatable bonds is 3. The highest BCUT2D eigenvalue weighted by Gasteiger charge is 2.17. The molecule has 58 valence electrons. The van der Waals surface area contributed by atoms with E-state index in [0.717, 1.165) is 6.26 Å². The molecule has 1 rings (SSSR count). The molecule has 11 heavy (non-hydrogen) atoms. The smallest absolute Gasteiger partial charge is 0.331 e. The molecule has 1 aromatic heterocycles. The molecule has 0 bridgehead atoms. The second-order valence-corrected chi connectivity index (χ2v) is 1.77. The molecule has 0 aliphatic rings. The van der Waals surface area contributed by atoms with Crippen LogP contribution in [0.4, 0.5) is 5.69 Å². The van der Waals surface area contributed by atoms with Gasteiger partial charge in [-0.1, -0.05) is 5.16 Å². The number of carbonyl (C=O) groups is 1. The quantitative estimate of drug-likeness (QED) is 0.357. The van der Waals surface area contributed by atoms with E-state index >= 15 is 0 Å². The summed E-state index contributed by atoms with van der Waals surface area (Å²) in [6, 6.07) is 0. The maximum Gasteiger partial charge on any atom is 0.331 e. The monoisotopic (exact) mass is 156 g/mol. The van der Waals surface area contributed by atoms with Crippen LogP contribution < -0.4 is 0 Å². The first-order valence-electron chi connectivity index (χ1n) is 2.77. The Balaban J connectivity index is 2.95. The molecule has 0 aliphatic carbocycles. The van der Waals surface area contributed by atoms with E-state index in [4.69, 9.17) is 0 Å². The van der Waals surface area contributed by atoms with Crippen LogP contribution in [0.1, 0.15) is 5.69 Å². The van der Waals surface area contributed by atoms with Gasteiger partial charge in [-0.05, 0) is 0 Å². The summed E-state index contributed by atoms with van der Waals surface area (Å²) in [7, 11) is 0. The predicted octanol–water partition coefficient (Wildman–Crippen LogP) is 0.324. The summed E-state index contributed by atoms with van der Waals surface area (Å²) in [6.45, 7) is 0. The zero-order valence-corrected chi connectivity index (χ0v) is 5.39. The van der Waals surface area contributed by atoms with Crippen molar-refractivity contribution in [3.63, 3.8) is 0 Å². The van der Waals surface area contributed by atoms with Gasteiger partial charge in [-0.25, -0.2) is 0 Å². The van der Waals surface area contributed by atoms with Gasteiger partial charge < -0.3 is 9.32 Å². The average molecular weight is 156 g/mol. The zero-order valence-electron chi connectivity index (χ0n) is 5.39. The molecule has 1 aromatic rings. The largest absolute Gasteiger partial charge is 0.357 e. The normalized spacial score (nSPS) is 9.45. The molecular weight excluding hydrogens is 152 g/mol. The molecule has 0 radical (unpaired) electrons. The Morgan fingerprint density at radius 2 is 2.55 bits per heavy atom. The van der Waals surface area contributed by atoms with E-state index in [0.29, 0.717) is 6.29 Å². The summed E-state index contributed by atoms with van der Waals surface area (Å²) in [4.78, 5) is 19.4. The standard InChI is InChI=1S/C5H4N2O4/c8-2-1-4-5(7(9)10)3-11-6-4/h2-3H,1H2. The first-order chi connectivity index (χ1) is 5.25. The molecule has 0 atom stereocenters. The summed E-state index contributed by atoms with van der Waals surface area (Å²) < 4.78 is 4.31. The highest BCUT2D eigenvalue weighted by molar-refractivity contribution is 5.56. The third kappa shape index (κ3) is 1.40. The van der Waals surface area contributed by atoms with Gasteiger partial charge in [-0.3, -0.25) is 10.1 Å². The van der Waals surface area contributed by atoms with Crippen LogP contribution in [0.5, 0.6) is 0 Å². The van der Waals surface area contributed by atoms with Crippen LogP contribution in [0, 0.1) is 10.1 Å². The van der Waals surface area contributed by atoms with E-state index in [1.807, 2.05) is 0 Å². The maximum atomic E-state index is 10.1. The lowest BCUT2D eigenvalue weighted by Crippen LogP contribution is -1.93. The summed E-state index contributed by atoms with van der Waals surface area (Å²) >= 11 is 0. The van der Waals surface area contributed by atoms with Crippen LogP contribution in [-0.2, 0) is 11.2 Å². The summed E-state index contributed by atoms with van der Waals surface area (Å²) in [5.74, 6) is 0. The minimum atomic E-state index is -0.644. The molecule has 0 fully saturated rings. The molecular formula is C5H4N2O4. The SMILES string of the molecule is O=CCc1nocc1[N+](=O)[O-]. The third-order valence-electron chi connectivity index (χ3n) is 1.10. The molecule has 1 heterocycles. The molecule has 0 saturated carbocycles. The van der Waals surface area contributed by atoms with E-state index in [1.54, 1.807) is 0 Å². The fourth-order valence-corrected chi connectivity index (χ4v) is 0.624. The van der Waals surface area contributed by atoms with Crippen molar-refractivity contribution in [1.82, 2.24) is 5.16 Å². The van der Waals surface area contributed by atoms with Crippen LogP contribution >= 0.6 is 0 Å². The van der Waals surface area contributed by atoms with Crippen LogP contribution in [0.15, 0.2) is 10.8 Å². The van der Waals surface area contributed by atoms with Gasteiger partial charge in [0.1, 0.15) is 6.29 Å². The number of carbonyl (C=O) groups excluding carboxylic acids is 1. The lowest BCUT2D eigenvalue weighted by Gasteiger charge is -1.83. The van der Waals surface area contributed by atoms with E-state index < -0.39 is 4.92 Å². The number of aromatic nitrogens is 1. The molecule has 6 heteroatoms. The lowest BCUT2D eigenvalue weighted by atomic mass is 10.3. The zero-order chi connectivity index (χ0) is 8.27. The van der Waals surface area contributed by atoms with Crippen LogP contribution in [0.3, 0.4) is 0 Å². The van der Waals surface area contributed by atoms with Crippen molar-refractivity contribution < 1.29 is 14.2 Å². The van der Waals surface area contributed by atoms with Gasteiger partial charge in [0.25, 0.3) is 0 Å². The maximum absolute atomic E-state index is 10.1. The van der Waals surface area contributed by atoms with E-state index in [1.165, 1.54) is 0 Å². The van der Waals surface area contributed by atoms with Gasteiger partial charge in [-0.2, -0.15) is 0 Å². The van der Waals surface area contributed by atoms with Gasteiger partial charge in [0, 0.05) is 0 Å². The van der Waals surface area contributed by atoms with Crippen LogP contribution in [-0.4, -0.2) is 16.4 Å². The van der Waals surface area contributed by atoms with Gasteiger partial charge in [-0.15, -0.1) is 0 Å². The van der Waals surface area contributed by atoms with Crippen molar-refractivity contribution in [3.05, 3.63) is 22.1 Å². The molecule has 0 aliphatic heterocycles. The second kappa shape index (κ2) is 2.91. The van der Waals surface area contributed by atoms with Crippen molar-refractivity contribution in [2.45, 2.75) is 6.42 Å². The minimum absolute atomic E-state index is 0.0602. The van der Waals surface area contributed by atoms with Crippen LogP contribution in [0.2, 0.25) is 0 Å². The number of nitrogens with zero attached hydrogens (tertiary/aromatic N) is 2. The first-order valence-corrected chi connectivity index (χ1v) is 2.77. The van der Waals surface area contributed by atoms with Gasteiger partial charge >= 0.3 is 5.69 Å². The fraction of sp³-hybridized carbons (Fsp3) is 0.200. The fourth-order valence-electron chi connectivity index (χ4n) is 0.624. The number of nitro groups is 1. The Kier molecular flexibility index (Phi) is 1.95. The summed E-state index contributed by atoms with van der Waals surface area (Å²) in [6.07, 6.45) is 1.34. The molecule has 0 spiro atoms. The molecule has 0 amide bonds. The number of aldehydes is 1. The topological polar surface area (TPSA) is 86.2 Å². The third-order valence-corrected chi connectivity index (χ3v) is 1.10. The number of hydrogen-bond donors (Lipinski definition) is 0. The average Bonchev–Trinajstić information content (AvgIpc) is 2.36. The Labute approximate surface area is 60.9 Å². The summed E-state index contributed by atoms with van der Waals surface area (Å²) in [5, 5.41) is 13.4. The molecule has 0 saturated heterocycles. The Hall–Kier alpha value is -1.72. The van der Waals surface area contributed by atoms with Crippen molar-refractivity contribution in [2.24, 2.45) is 0 Å². The molecule has 0 aromatic carbocycles. The van der Waals surface area contributed by atoms with Crippen molar-refractivity contribution in [2.75, 3.05) is 0 Å². The van der Waals surface area contributed by atoms with Crippen LogP contribution in [0.25, 0.3) is 0 Å². The van der Waals surface area contributed by atoms with E-state index in [-0.39, 0.29) is 17.8 Å². The van der Waals surface area contributed by atoms with E-state index in [2.05, 4.69) is 9.68 Å². The summed E-state index contributed by atoms with van der Waals surface area (Å²) in [5.41, 5.74) is -0.192. The Morgan fingerprint density at radius 3 is 3.09 bits per heavy atom. The molecule has 0 unspecified atom stereocenters. The highest BCUT2D eigenvalue weighted by atomic mass is 16.6. The Morgan fingerprint density at radius 1 is 1.82 bits per heavy atom. The first kappa shape index (κ1) is 7.39. The van der Waals surface area contributed by atoms with Crippen molar-refractivity contribution in [3.8, 4) is 0 Å². The van der Waals surface area contributed by atoms with Gasteiger partial charge in [0.05, 0.1) is 11.3 Å².